The van der Waals surface area contributed by atoms with Gasteiger partial charge >= 0.3 is 5.97 Å². The molecule has 94 valence electrons. The Labute approximate surface area is 101 Å². The molecule has 0 saturated carbocycles. The molecule has 2 aromatic rings. The summed E-state index contributed by atoms with van der Waals surface area (Å²) in [6.07, 6.45) is 0. The van der Waals surface area contributed by atoms with Crippen molar-refractivity contribution >= 4 is 17.6 Å². The highest BCUT2D eigenvalue weighted by Gasteiger charge is 2.18. The van der Waals surface area contributed by atoms with Gasteiger partial charge in [0.15, 0.2) is 0 Å². The molecule has 0 spiro atoms. The predicted molar refractivity (Wildman–Crippen MR) is 59.5 cm³/mol. The zero-order valence-corrected chi connectivity index (χ0v) is 9.64. The fraction of sp³-hybridized carbons (Fsp3) is 0.200. The molecule has 3 N–H and O–H groups in total. The van der Waals surface area contributed by atoms with Crippen LogP contribution in [0.5, 0.6) is 0 Å². The summed E-state index contributed by atoms with van der Waals surface area (Å²) in [7, 11) is 0. The van der Waals surface area contributed by atoms with Crippen molar-refractivity contribution in [2.24, 2.45) is 0 Å². The third kappa shape index (κ3) is 2.21. The third-order valence-electron chi connectivity index (χ3n) is 2.15. The Hall–Kier alpha value is -2.64. The molecular formula is C10H10N4O4. The summed E-state index contributed by atoms with van der Waals surface area (Å²) in [5.74, 6) is -1.69. The standard InChI is InChI=1S/C10H10N4O4/c1-4-3-6(7(11-4)10(16)17)13-9(15)8-12-5(2)18-14-8/h3,11H,1-2H3,(H,13,15)(H,16,17). The SMILES string of the molecule is Cc1cc(NC(=O)c2noc(C)n2)c(C(=O)O)[nH]1. The summed E-state index contributed by atoms with van der Waals surface area (Å²) >= 11 is 0. The molecule has 0 aromatic carbocycles. The molecule has 1 amide bonds. The molecule has 0 fully saturated rings. The number of hydrogen-bond donors (Lipinski definition) is 3. The Morgan fingerprint density at radius 3 is 2.72 bits per heavy atom. The van der Waals surface area contributed by atoms with Gasteiger partial charge in [-0.2, -0.15) is 4.98 Å². The second-order valence-corrected chi connectivity index (χ2v) is 3.64. The molecule has 2 rings (SSSR count). The second-order valence-electron chi connectivity index (χ2n) is 3.64. The van der Waals surface area contributed by atoms with E-state index >= 15 is 0 Å². The van der Waals surface area contributed by atoms with Crippen LogP contribution < -0.4 is 5.32 Å². The average Bonchev–Trinajstić information content (AvgIpc) is 2.85. The van der Waals surface area contributed by atoms with E-state index < -0.39 is 11.9 Å². The summed E-state index contributed by atoms with van der Waals surface area (Å²) < 4.78 is 4.66. The number of anilines is 1. The van der Waals surface area contributed by atoms with Crippen molar-refractivity contribution < 1.29 is 19.2 Å². The Bertz CT molecular complexity index is 613. The van der Waals surface area contributed by atoms with Gasteiger partial charge < -0.3 is 19.9 Å². The lowest BCUT2D eigenvalue weighted by molar-refractivity contribution is 0.0692. The number of carbonyl (C=O) groups is 2. The van der Waals surface area contributed by atoms with E-state index in [1.165, 1.54) is 6.07 Å². The minimum absolute atomic E-state index is 0.0962. The van der Waals surface area contributed by atoms with Crippen LogP contribution in [0.4, 0.5) is 5.69 Å². The Balaban J connectivity index is 2.24. The first-order valence-corrected chi connectivity index (χ1v) is 5.02. The number of hydrogen-bond acceptors (Lipinski definition) is 5. The molecule has 8 nitrogen and oxygen atoms in total. The van der Waals surface area contributed by atoms with Gasteiger partial charge in [-0.15, -0.1) is 0 Å². The first-order chi connectivity index (χ1) is 8.47. The van der Waals surface area contributed by atoms with Gasteiger partial charge in [-0.25, -0.2) is 4.79 Å². The molecule has 0 saturated heterocycles. The highest BCUT2D eigenvalue weighted by atomic mass is 16.5. The van der Waals surface area contributed by atoms with E-state index in [0.29, 0.717) is 5.69 Å². The zero-order valence-electron chi connectivity index (χ0n) is 9.64. The minimum Gasteiger partial charge on any atom is -0.477 e. The first kappa shape index (κ1) is 11.8. The summed E-state index contributed by atoms with van der Waals surface area (Å²) in [6, 6.07) is 1.51. The molecule has 8 heteroatoms. The molecule has 0 aliphatic rings. The van der Waals surface area contributed by atoms with Crippen LogP contribution in [-0.4, -0.2) is 32.1 Å². The van der Waals surface area contributed by atoms with E-state index in [9.17, 15) is 9.59 Å². The number of aromatic carboxylic acids is 1. The van der Waals surface area contributed by atoms with Gasteiger partial charge in [0.25, 0.3) is 11.7 Å². The molecule has 0 aliphatic carbocycles. The molecule has 0 bridgehead atoms. The number of carboxylic acid groups (broad SMARTS) is 1. The van der Waals surface area contributed by atoms with Gasteiger partial charge in [-0.3, -0.25) is 4.79 Å². The quantitative estimate of drug-likeness (QED) is 0.746. The van der Waals surface area contributed by atoms with Crippen molar-refractivity contribution in [1.82, 2.24) is 15.1 Å². The smallest absolute Gasteiger partial charge is 0.354 e. The number of aromatic amines is 1. The minimum atomic E-state index is -1.16. The highest BCUT2D eigenvalue weighted by Crippen LogP contribution is 2.17. The third-order valence-corrected chi connectivity index (χ3v) is 2.15. The van der Waals surface area contributed by atoms with Crippen molar-refractivity contribution in [3.8, 4) is 0 Å². The van der Waals surface area contributed by atoms with E-state index in [2.05, 4.69) is 25.0 Å². The van der Waals surface area contributed by atoms with Crippen LogP contribution in [0.15, 0.2) is 10.6 Å². The average molecular weight is 250 g/mol. The number of amides is 1. The van der Waals surface area contributed by atoms with Crippen LogP contribution in [0.25, 0.3) is 0 Å². The number of rotatable bonds is 3. The Morgan fingerprint density at radius 2 is 2.17 bits per heavy atom. The van der Waals surface area contributed by atoms with Gasteiger partial charge in [0, 0.05) is 12.6 Å². The number of nitrogens with zero attached hydrogens (tertiary/aromatic N) is 2. The fourth-order valence-corrected chi connectivity index (χ4v) is 1.43. The van der Waals surface area contributed by atoms with Crippen molar-refractivity contribution in [1.29, 1.82) is 0 Å². The maximum absolute atomic E-state index is 11.7. The number of H-pyrrole nitrogens is 1. The van der Waals surface area contributed by atoms with Crippen molar-refractivity contribution in [2.75, 3.05) is 5.32 Å². The van der Waals surface area contributed by atoms with Crippen LogP contribution in [0.3, 0.4) is 0 Å². The largest absolute Gasteiger partial charge is 0.477 e. The van der Waals surface area contributed by atoms with E-state index in [0.717, 1.165) is 0 Å². The molecule has 0 atom stereocenters. The number of carboxylic acids is 1. The number of nitrogens with one attached hydrogen (secondary N) is 2. The van der Waals surface area contributed by atoms with Gasteiger partial charge in [0.05, 0.1) is 5.69 Å². The summed E-state index contributed by atoms with van der Waals surface area (Å²) in [5, 5.41) is 14.8. The first-order valence-electron chi connectivity index (χ1n) is 5.02. The maximum atomic E-state index is 11.7. The van der Waals surface area contributed by atoms with Gasteiger partial charge in [0.2, 0.25) is 5.89 Å². The molecule has 0 aliphatic heterocycles. The van der Waals surface area contributed by atoms with Gasteiger partial charge in [0.1, 0.15) is 5.69 Å². The molecule has 2 aromatic heterocycles. The summed E-state index contributed by atoms with van der Waals surface area (Å²) in [4.78, 5) is 29.0. The van der Waals surface area contributed by atoms with Crippen molar-refractivity contribution in [3.63, 3.8) is 0 Å². The van der Waals surface area contributed by atoms with E-state index in [1.54, 1.807) is 13.8 Å². The maximum Gasteiger partial charge on any atom is 0.354 e. The monoisotopic (exact) mass is 250 g/mol. The second kappa shape index (κ2) is 4.32. The zero-order chi connectivity index (χ0) is 13.3. The molecule has 0 radical (unpaired) electrons. The number of aromatic nitrogens is 3. The summed E-state index contributed by atoms with van der Waals surface area (Å²) in [5.41, 5.74) is 0.681. The van der Waals surface area contributed by atoms with E-state index in [1.807, 2.05) is 0 Å². The van der Waals surface area contributed by atoms with Crippen LogP contribution >= 0.6 is 0 Å². The Kier molecular flexibility index (Phi) is 2.84. The van der Waals surface area contributed by atoms with E-state index in [4.69, 9.17) is 5.11 Å². The Morgan fingerprint density at radius 1 is 1.44 bits per heavy atom. The lowest BCUT2D eigenvalue weighted by Crippen LogP contribution is -2.15. The molecule has 18 heavy (non-hydrogen) atoms. The lowest BCUT2D eigenvalue weighted by Gasteiger charge is -2.00. The van der Waals surface area contributed by atoms with Crippen LogP contribution in [0, 0.1) is 13.8 Å². The van der Waals surface area contributed by atoms with Crippen LogP contribution in [0.1, 0.15) is 32.7 Å². The van der Waals surface area contributed by atoms with Crippen molar-refractivity contribution in [2.45, 2.75) is 13.8 Å². The predicted octanol–water partition coefficient (Wildman–Crippen LogP) is 0.965. The van der Waals surface area contributed by atoms with Gasteiger partial charge in [-0.05, 0) is 13.0 Å². The van der Waals surface area contributed by atoms with E-state index in [-0.39, 0.29) is 23.1 Å². The fourth-order valence-electron chi connectivity index (χ4n) is 1.43. The van der Waals surface area contributed by atoms with Crippen LogP contribution in [0.2, 0.25) is 0 Å². The topological polar surface area (TPSA) is 121 Å². The molecular weight excluding hydrogens is 240 g/mol. The van der Waals surface area contributed by atoms with Crippen LogP contribution in [-0.2, 0) is 0 Å². The molecule has 2 heterocycles. The van der Waals surface area contributed by atoms with Crippen molar-refractivity contribution in [3.05, 3.63) is 29.2 Å². The number of aryl methyl sites for hydroxylation is 2. The number of carbonyl (C=O) groups excluding carboxylic acids is 1. The molecule has 0 unspecified atom stereocenters. The lowest BCUT2D eigenvalue weighted by atomic mass is 10.3. The van der Waals surface area contributed by atoms with Gasteiger partial charge in [-0.1, -0.05) is 5.16 Å². The highest BCUT2D eigenvalue weighted by molar-refractivity contribution is 6.05. The summed E-state index contributed by atoms with van der Waals surface area (Å²) in [6.45, 7) is 3.23. The normalized spacial score (nSPS) is 10.3.